The Morgan fingerprint density at radius 1 is 1.07 bits per heavy atom. The van der Waals surface area contributed by atoms with E-state index in [2.05, 4.69) is 10.2 Å². The second kappa shape index (κ2) is 6.69. The van der Waals surface area contributed by atoms with Crippen molar-refractivity contribution < 1.29 is 18.0 Å². The van der Waals surface area contributed by atoms with Crippen molar-refractivity contribution in [3.05, 3.63) is 64.2 Å². The number of nitrogens with one attached hydrogen (secondary N) is 2. The number of carbonyl (C=O) groups is 1. The van der Waals surface area contributed by atoms with Gasteiger partial charge in [-0.15, -0.1) is 0 Å². The molecule has 7 heteroatoms. The Labute approximate surface area is 165 Å². The highest BCUT2D eigenvalue weighted by molar-refractivity contribution is 6.05. The van der Waals surface area contributed by atoms with E-state index < -0.39 is 17.5 Å². The van der Waals surface area contributed by atoms with Gasteiger partial charge in [-0.25, -0.2) is 8.78 Å². The first-order valence-corrected chi connectivity index (χ1v) is 9.70. The molecule has 2 N–H and O–H groups in total. The summed E-state index contributed by atoms with van der Waals surface area (Å²) in [5.74, 6) is -2.63. The van der Waals surface area contributed by atoms with Crippen LogP contribution in [0.15, 0.2) is 34.7 Å². The average Bonchev–Trinajstić information content (AvgIpc) is 2.71. The maximum atomic E-state index is 13.4. The molecule has 2 aromatic carbocycles. The van der Waals surface area contributed by atoms with Crippen LogP contribution in [0, 0.1) is 17.0 Å². The van der Waals surface area contributed by atoms with Crippen LogP contribution in [0.1, 0.15) is 34.3 Å². The lowest BCUT2D eigenvalue weighted by atomic mass is 9.90. The first-order chi connectivity index (χ1) is 14.0. The quantitative estimate of drug-likeness (QED) is 0.685. The standard InChI is InChI=1S/C22H19F2N3O2/c23-17-6-5-14(11-18(17)24)26-22(28)16-10-13-9-12-3-1-7-27-8-2-4-15(19(12)27)20(13)29-21(16)25/h5-6,9-11,25H,1-4,7-8H2,(H,26,28). The molecule has 5 rings (SSSR count). The topological polar surface area (TPSA) is 69.3 Å². The molecule has 5 nitrogen and oxygen atoms in total. The number of hydrogen-bond acceptors (Lipinski definition) is 4. The van der Waals surface area contributed by atoms with E-state index in [4.69, 9.17) is 9.83 Å². The summed E-state index contributed by atoms with van der Waals surface area (Å²) in [5, 5.41) is 11.5. The van der Waals surface area contributed by atoms with Crippen molar-refractivity contribution in [2.24, 2.45) is 0 Å². The molecule has 0 atom stereocenters. The second-order valence-electron chi connectivity index (χ2n) is 7.55. The van der Waals surface area contributed by atoms with E-state index in [1.54, 1.807) is 6.07 Å². The first-order valence-electron chi connectivity index (χ1n) is 9.70. The summed E-state index contributed by atoms with van der Waals surface area (Å²) in [5.41, 5.74) is 4.17. The van der Waals surface area contributed by atoms with Crippen molar-refractivity contribution >= 4 is 28.3 Å². The Balaban J connectivity index is 1.58. The van der Waals surface area contributed by atoms with Crippen molar-refractivity contribution in [1.82, 2.24) is 0 Å². The monoisotopic (exact) mass is 395 g/mol. The number of fused-ring (bicyclic) bond motifs is 2. The first kappa shape index (κ1) is 17.8. The molecular weight excluding hydrogens is 376 g/mol. The number of nitrogens with zero attached hydrogens (tertiary/aromatic N) is 1. The van der Waals surface area contributed by atoms with Crippen LogP contribution < -0.4 is 15.8 Å². The lowest BCUT2D eigenvalue weighted by Gasteiger charge is -2.37. The van der Waals surface area contributed by atoms with E-state index in [9.17, 15) is 13.6 Å². The van der Waals surface area contributed by atoms with E-state index in [0.717, 1.165) is 61.9 Å². The van der Waals surface area contributed by atoms with Crippen LogP contribution in [0.4, 0.5) is 20.2 Å². The van der Waals surface area contributed by atoms with Crippen LogP contribution in [-0.2, 0) is 12.8 Å². The van der Waals surface area contributed by atoms with E-state index in [1.807, 2.05) is 6.07 Å². The van der Waals surface area contributed by atoms with Crippen molar-refractivity contribution in [3.8, 4) is 0 Å². The van der Waals surface area contributed by atoms with Crippen molar-refractivity contribution in [1.29, 1.82) is 5.41 Å². The molecule has 1 amide bonds. The minimum Gasteiger partial charge on any atom is -0.438 e. The molecular formula is C22H19F2N3O2. The molecule has 0 radical (unpaired) electrons. The Bertz CT molecular complexity index is 1220. The minimum atomic E-state index is -1.05. The molecule has 29 heavy (non-hydrogen) atoms. The lowest BCUT2D eigenvalue weighted by molar-refractivity contribution is 0.102. The molecule has 2 aliphatic rings. The molecule has 3 heterocycles. The maximum Gasteiger partial charge on any atom is 0.261 e. The summed E-state index contributed by atoms with van der Waals surface area (Å²) in [7, 11) is 0. The number of hydrogen-bond donors (Lipinski definition) is 2. The van der Waals surface area contributed by atoms with Gasteiger partial charge in [0, 0.05) is 41.5 Å². The molecule has 0 saturated heterocycles. The molecule has 0 saturated carbocycles. The third kappa shape index (κ3) is 2.97. The predicted octanol–water partition coefficient (Wildman–Crippen LogP) is 4.14. The van der Waals surface area contributed by atoms with Crippen LogP contribution in [0.5, 0.6) is 0 Å². The molecule has 0 fully saturated rings. The van der Waals surface area contributed by atoms with Crippen LogP contribution in [-0.4, -0.2) is 19.0 Å². The number of amides is 1. The molecule has 1 aromatic heterocycles. The maximum absolute atomic E-state index is 13.4. The smallest absolute Gasteiger partial charge is 0.261 e. The van der Waals surface area contributed by atoms with Gasteiger partial charge in [0.15, 0.2) is 11.6 Å². The fourth-order valence-corrected chi connectivity index (χ4v) is 4.40. The van der Waals surface area contributed by atoms with Crippen molar-refractivity contribution in [2.75, 3.05) is 23.3 Å². The summed E-state index contributed by atoms with van der Waals surface area (Å²) in [6.07, 6.45) is 4.00. The summed E-state index contributed by atoms with van der Waals surface area (Å²) in [6.45, 7) is 2.07. The van der Waals surface area contributed by atoms with Gasteiger partial charge in [0.25, 0.3) is 5.91 Å². The summed E-state index contributed by atoms with van der Waals surface area (Å²) < 4.78 is 32.3. The lowest BCUT2D eigenvalue weighted by Crippen LogP contribution is -2.34. The number of halogens is 2. The van der Waals surface area contributed by atoms with Gasteiger partial charge in [0.05, 0.1) is 0 Å². The van der Waals surface area contributed by atoms with Gasteiger partial charge in [-0.2, -0.15) is 0 Å². The average molecular weight is 395 g/mol. The summed E-state index contributed by atoms with van der Waals surface area (Å²) in [6, 6.07) is 6.82. The van der Waals surface area contributed by atoms with Crippen LogP contribution >= 0.6 is 0 Å². The van der Waals surface area contributed by atoms with E-state index >= 15 is 0 Å². The Hall–Kier alpha value is -3.22. The van der Waals surface area contributed by atoms with Crippen LogP contribution in [0.25, 0.3) is 11.0 Å². The van der Waals surface area contributed by atoms with Crippen LogP contribution in [0.2, 0.25) is 0 Å². The number of benzene rings is 2. The fourth-order valence-electron chi connectivity index (χ4n) is 4.40. The molecule has 0 spiro atoms. The third-order valence-corrected chi connectivity index (χ3v) is 5.67. The molecule has 0 bridgehead atoms. The Morgan fingerprint density at radius 3 is 2.66 bits per heavy atom. The zero-order valence-electron chi connectivity index (χ0n) is 15.6. The summed E-state index contributed by atoms with van der Waals surface area (Å²) in [4.78, 5) is 15.1. The highest BCUT2D eigenvalue weighted by Gasteiger charge is 2.27. The van der Waals surface area contributed by atoms with Crippen LogP contribution in [0.3, 0.4) is 0 Å². The van der Waals surface area contributed by atoms with E-state index in [-0.39, 0.29) is 16.8 Å². The summed E-state index contributed by atoms with van der Waals surface area (Å²) >= 11 is 0. The number of rotatable bonds is 2. The van der Waals surface area contributed by atoms with Crippen molar-refractivity contribution in [3.63, 3.8) is 0 Å². The largest absolute Gasteiger partial charge is 0.438 e. The van der Waals surface area contributed by atoms with Gasteiger partial charge in [0.2, 0.25) is 5.55 Å². The van der Waals surface area contributed by atoms with Gasteiger partial charge < -0.3 is 14.6 Å². The highest BCUT2D eigenvalue weighted by Crippen LogP contribution is 2.39. The molecule has 0 unspecified atom stereocenters. The number of anilines is 2. The van der Waals surface area contributed by atoms with Gasteiger partial charge in [-0.3, -0.25) is 10.2 Å². The number of aryl methyl sites for hydroxylation is 2. The van der Waals surface area contributed by atoms with E-state index in [1.165, 1.54) is 17.3 Å². The predicted molar refractivity (Wildman–Crippen MR) is 105 cm³/mol. The van der Waals surface area contributed by atoms with Gasteiger partial charge in [0.1, 0.15) is 11.1 Å². The third-order valence-electron chi connectivity index (χ3n) is 5.67. The molecule has 2 aliphatic heterocycles. The fraction of sp³-hybridized carbons (Fsp3) is 0.273. The SMILES string of the molecule is N=c1oc2c3c4c(cc2cc1C(=O)Nc1ccc(F)c(F)c1)CCCN4CCC3. The zero-order chi connectivity index (χ0) is 20.1. The molecule has 3 aromatic rings. The van der Waals surface area contributed by atoms with E-state index in [0.29, 0.717) is 5.58 Å². The van der Waals surface area contributed by atoms with Gasteiger partial charge in [-0.05, 0) is 55.5 Å². The zero-order valence-corrected chi connectivity index (χ0v) is 15.6. The van der Waals surface area contributed by atoms with Gasteiger partial charge >= 0.3 is 0 Å². The highest BCUT2D eigenvalue weighted by atomic mass is 19.2. The molecule has 0 aliphatic carbocycles. The molecule has 148 valence electrons. The second-order valence-corrected chi connectivity index (χ2v) is 7.55. The number of carbonyl (C=O) groups excluding carboxylic acids is 1. The van der Waals surface area contributed by atoms with Crippen molar-refractivity contribution in [2.45, 2.75) is 25.7 Å². The van der Waals surface area contributed by atoms with Gasteiger partial charge in [-0.1, -0.05) is 0 Å². The normalized spacial score (nSPS) is 15.3. The Kier molecular flexibility index (Phi) is 4.12. The Morgan fingerprint density at radius 2 is 1.86 bits per heavy atom. The minimum absolute atomic E-state index is 0.0536.